The molecule has 3 nitrogen and oxygen atoms in total. The summed E-state index contributed by atoms with van der Waals surface area (Å²) in [5.74, 6) is 0.730. The van der Waals surface area contributed by atoms with E-state index in [1.54, 1.807) is 0 Å². The summed E-state index contributed by atoms with van der Waals surface area (Å²) in [6, 6.07) is 8.62. The van der Waals surface area contributed by atoms with Crippen molar-refractivity contribution in [1.29, 1.82) is 0 Å². The normalized spacial score (nSPS) is 34.6. The van der Waals surface area contributed by atoms with Crippen LogP contribution in [0, 0.1) is 12.8 Å². The van der Waals surface area contributed by atoms with Crippen molar-refractivity contribution in [2.24, 2.45) is 11.7 Å². The van der Waals surface area contributed by atoms with Gasteiger partial charge in [0.15, 0.2) is 0 Å². The standard InChI is InChI=1S/C15H23N3/c1-12-3-2-4-14(9-12)17-15(10-16)11-18-7-5-13(15)6-8-18/h2-4,9,13,17H,5-8,10-11,16H2,1H3. The number of rotatable bonds is 3. The van der Waals surface area contributed by atoms with Gasteiger partial charge in [-0.1, -0.05) is 12.1 Å². The summed E-state index contributed by atoms with van der Waals surface area (Å²) < 4.78 is 0. The molecular weight excluding hydrogens is 222 g/mol. The highest BCUT2D eigenvalue weighted by Gasteiger charge is 2.45. The van der Waals surface area contributed by atoms with Gasteiger partial charge in [0.05, 0.1) is 5.54 Å². The van der Waals surface area contributed by atoms with Crippen LogP contribution in [0.1, 0.15) is 18.4 Å². The van der Waals surface area contributed by atoms with E-state index in [1.165, 1.54) is 37.2 Å². The van der Waals surface area contributed by atoms with E-state index < -0.39 is 0 Å². The second-order valence-electron chi connectivity index (χ2n) is 5.91. The maximum Gasteiger partial charge on any atom is 0.0651 e. The number of hydrogen-bond donors (Lipinski definition) is 2. The molecular formula is C15H23N3. The SMILES string of the molecule is Cc1cccc(NC2(CN)CN3CCC2CC3)c1. The molecule has 3 heteroatoms. The molecule has 0 radical (unpaired) electrons. The maximum absolute atomic E-state index is 6.12. The van der Waals surface area contributed by atoms with Gasteiger partial charge in [-0.2, -0.15) is 0 Å². The number of anilines is 1. The number of hydrogen-bond acceptors (Lipinski definition) is 3. The lowest BCUT2D eigenvalue weighted by Crippen LogP contribution is -2.66. The molecule has 0 aromatic heterocycles. The van der Waals surface area contributed by atoms with E-state index in [1.807, 2.05) is 0 Å². The summed E-state index contributed by atoms with van der Waals surface area (Å²) in [5.41, 5.74) is 8.73. The maximum atomic E-state index is 6.12. The molecule has 1 atom stereocenters. The van der Waals surface area contributed by atoms with Crippen LogP contribution in [0.4, 0.5) is 5.69 Å². The van der Waals surface area contributed by atoms with Gasteiger partial charge in [0.2, 0.25) is 0 Å². The van der Waals surface area contributed by atoms with Crippen LogP contribution in [-0.4, -0.2) is 36.6 Å². The molecule has 18 heavy (non-hydrogen) atoms. The van der Waals surface area contributed by atoms with Gasteiger partial charge in [-0.3, -0.25) is 0 Å². The van der Waals surface area contributed by atoms with Crippen molar-refractivity contribution < 1.29 is 0 Å². The number of nitrogens with zero attached hydrogens (tertiary/aromatic N) is 1. The number of fused-ring (bicyclic) bond motifs is 3. The number of benzene rings is 1. The Morgan fingerprint density at radius 1 is 1.39 bits per heavy atom. The zero-order valence-electron chi connectivity index (χ0n) is 11.2. The van der Waals surface area contributed by atoms with Crippen molar-refractivity contribution >= 4 is 5.69 Å². The fourth-order valence-corrected chi connectivity index (χ4v) is 3.61. The first-order valence-corrected chi connectivity index (χ1v) is 6.99. The summed E-state index contributed by atoms with van der Waals surface area (Å²) >= 11 is 0. The van der Waals surface area contributed by atoms with Crippen LogP contribution in [-0.2, 0) is 0 Å². The monoisotopic (exact) mass is 245 g/mol. The third kappa shape index (κ3) is 2.02. The molecule has 1 aromatic carbocycles. The van der Waals surface area contributed by atoms with Gasteiger partial charge in [0.25, 0.3) is 0 Å². The number of aryl methyl sites for hydroxylation is 1. The van der Waals surface area contributed by atoms with E-state index >= 15 is 0 Å². The van der Waals surface area contributed by atoms with Gasteiger partial charge >= 0.3 is 0 Å². The Morgan fingerprint density at radius 2 is 2.17 bits per heavy atom. The summed E-state index contributed by atoms with van der Waals surface area (Å²) in [6.07, 6.45) is 2.58. The van der Waals surface area contributed by atoms with Crippen LogP contribution >= 0.6 is 0 Å². The highest BCUT2D eigenvalue weighted by molar-refractivity contribution is 5.48. The van der Waals surface area contributed by atoms with Gasteiger partial charge in [0, 0.05) is 18.8 Å². The summed E-state index contributed by atoms with van der Waals surface area (Å²) in [4.78, 5) is 2.55. The second kappa shape index (κ2) is 4.56. The van der Waals surface area contributed by atoms with Gasteiger partial charge < -0.3 is 16.0 Å². The van der Waals surface area contributed by atoms with Crippen LogP contribution in [0.3, 0.4) is 0 Å². The molecule has 1 unspecified atom stereocenters. The average Bonchev–Trinajstić information content (AvgIpc) is 2.40. The Morgan fingerprint density at radius 3 is 2.72 bits per heavy atom. The smallest absolute Gasteiger partial charge is 0.0651 e. The van der Waals surface area contributed by atoms with E-state index in [9.17, 15) is 0 Å². The van der Waals surface area contributed by atoms with Crippen molar-refractivity contribution in [1.82, 2.24) is 4.90 Å². The fourth-order valence-electron chi connectivity index (χ4n) is 3.61. The molecule has 4 rings (SSSR count). The Kier molecular flexibility index (Phi) is 3.04. The average molecular weight is 245 g/mol. The minimum atomic E-state index is 0.0876. The Hall–Kier alpha value is -1.06. The molecule has 2 bridgehead atoms. The fraction of sp³-hybridized carbons (Fsp3) is 0.600. The van der Waals surface area contributed by atoms with Gasteiger partial charge in [-0.25, -0.2) is 0 Å². The highest BCUT2D eigenvalue weighted by atomic mass is 15.2. The van der Waals surface area contributed by atoms with Gasteiger partial charge in [0.1, 0.15) is 0 Å². The Bertz CT molecular complexity index is 424. The molecule has 3 saturated heterocycles. The van der Waals surface area contributed by atoms with Crippen LogP contribution in [0.5, 0.6) is 0 Å². The quantitative estimate of drug-likeness (QED) is 0.853. The van der Waals surface area contributed by atoms with E-state index in [0.717, 1.165) is 19.0 Å². The van der Waals surface area contributed by atoms with E-state index in [4.69, 9.17) is 5.73 Å². The summed E-state index contributed by atoms with van der Waals surface area (Å²) in [6.45, 7) is 6.46. The molecule has 0 spiro atoms. The highest BCUT2D eigenvalue weighted by Crippen LogP contribution is 2.37. The third-order valence-corrected chi connectivity index (χ3v) is 4.65. The van der Waals surface area contributed by atoms with E-state index in [-0.39, 0.29) is 5.54 Å². The molecule has 98 valence electrons. The largest absolute Gasteiger partial charge is 0.377 e. The molecule has 0 amide bonds. The first kappa shape index (κ1) is 12.0. The van der Waals surface area contributed by atoms with Crippen LogP contribution in [0.2, 0.25) is 0 Å². The van der Waals surface area contributed by atoms with Crippen molar-refractivity contribution in [2.45, 2.75) is 25.3 Å². The van der Waals surface area contributed by atoms with Gasteiger partial charge in [-0.05, 0) is 56.5 Å². The van der Waals surface area contributed by atoms with Crippen molar-refractivity contribution in [3.8, 4) is 0 Å². The van der Waals surface area contributed by atoms with Gasteiger partial charge in [-0.15, -0.1) is 0 Å². The van der Waals surface area contributed by atoms with E-state index in [2.05, 4.69) is 41.4 Å². The molecule has 3 N–H and O–H groups in total. The predicted octanol–water partition coefficient (Wildman–Crippen LogP) is 1.83. The molecule has 0 saturated carbocycles. The number of nitrogens with one attached hydrogen (secondary N) is 1. The first-order chi connectivity index (χ1) is 8.72. The van der Waals surface area contributed by atoms with Crippen LogP contribution in [0.15, 0.2) is 24.3 Å². The minimum Gasteiger partial charge on any atom is -0.377 e. The molecule has 3 fully saturated rings. The zero-order valence-corrected chi connectivity index (χ0v) is 11.2. The minimum absolute atomic E-state index is 0.0876. The summed E-state index contributed by atoms with van der Waals surface area (Å²) in [7, 11) is 0. The van der Waals surface area contributed by atoms with Crippen molar-refractivity contribution in [3.63, 3.8) is 0 Å². The molecule has 1 aromatic rings. The van der Waals surface area contributed by atoms with E-state index in [0.29, 0.717) is 0 Å². The lowest BCUT2D eigenvalue weighted by Gasteiger charge is -2.53. The van der Waals surface area contributed by atoms with Crippen LogP contribution < -0.4 is 11.1 Å². The molecule has 3 aliphatic heterocycles. The molecule has 0 aliphatic carbocycles. The molecule has 3 heterocycles. The van der Waals surface area contributed by atoms with Crippen molar-refractivity contribution in [3.05, 3.63) is 29.8 Å². The van der Waals surface area contributed by atoms with Crippen LogP contribution in [0.25, 0.3) is 0 Å². The topological polar surface area (TPSA) is 41.3 Å². The zero-order chi connectivity index (χ0) is 12.6. The first-order valence-electron chi connectivity index (χ1n) is 6.99. The number of piperidine rings is 3. The summed E-state index contributed by atoms with van der Waals surface area (Å²) in [5, 5.41) is 3.75. The Balaban J connectivity index is 1.84. The Labute approximate surface area is 109 Å². The van der Waals surface area contributed by atoms with Crippen molar-refractivity contribution in [2.75, 3.05) is 31.5 Å². The lowest BCUT2D eigenvalue weighted by molar-refractivity contribution is 0.0449. The molecule has 3 aliphatic rings. The third-order valence-electron chi connectivity index (χ3n) is 4.65. The number of nitrogens with two attached hydrogens (primary N) is 1. The lowest BCUT2D eigenvalue weighted by atomic mass is 9.72. The second-order valence-corrected chi connectivity index (χ2v) is 5.91. The predicted molar refractivity (Wildman–Crippen MR) is 75.8 cm³/mol.